The number of hydrogen-bond donors (Lipinski definition) is 2. The van der Waals surface area contributed by atoms with E-state index in [1.54, 1.807) is 47.1 Å². The molecule has 0 bridgehead atoms. The lowest BCUT2D eigenvalue weighted by atomic mass is 10.1. The molecule has 0 unspecified atom stereocenters. The SMILES string of the molecule is CC(C)c1cc(NC(=O)Nc2ccc(OC3=CCN(C)C=C3)cc2)n(-c2cc(Cl)cc(Cl)c2)n1. The van der Waals surface area contributed by atoms with Gasteiger partial charge >= 0.3 is 6.03 Å². The number of benzene rings is 2. The van der Waals surface area contributed by atoms with Gasteiger partial charge in [0.15, 0.2) is 0 Å². The number of amides is 2. The molecule has 1 aliphatic heterocycles. The van der Waals surface area contributed by atoms with Crippen LogP contribution >= 0.6 is 23.2 Å². The number of carbonyl (C=O) groups is 1. The number of halogens is 2. The van der Waals surface area contributed by atoms with Gasteiger partial charge in [0.1, 0.15) is 17.3 Å². The molecule has 9 heteroatoms. The maximum Gasteiger partial charge on any atom is 0.324 e. The van der Waals surface area contributed by atoms with E-state index in [4.69, 9.17) is 27.9 Å². The second-order valence-electron chi connectivity index (χ2n) is 8.22. The molecule has 7 nitrogen and oxygen atoms in total. The molecule has 1 aliphatic rings. The summed E-state index contributed by atoms with van der Waals surface area (Å²) in [6, 6.07) is 13.7. The summed E-state index contributed by atoms with van der Waals surface area (Å²) in [5.74, 6) is 2.14. The molecule has 0 spiro atoms. The molecule has 0 radical (unpaired) electrons. The second kappa shape index (κ2) is 10.2. The number of likely N-dealkylation sites (N-methyl/N-ethyl adjacent to an activating group) is 1. The van der Waals surface area contributed by atoms with Crippen LogP contribution in [-0.2, 0) is 0 Å². The Balaban J connectivity index is 1.46. The van der Waals surface area contributed by atoms with Crippen molar-refractivity contribution >= 4 is 40.7 Å². The van der Waals surface area contributed by atoms with Crippen molar-refractivity contribution in [2.24, 2.45) is 0 Å². The van der Waals surface area contributed by atoms with Gasteiger partial charge in [0.2, 0.25) is 0 Å². The minimum absolute atomic E-state index is 0.168. The predicted octanol–water partition coefficient (Wildman–Crippen LogP) is 6.67. The first-order valence-electron chi connectivity index (χ1n) is 10.8. The van der Waals surface area contributed by atoms with Crippen LogP contribution < -0.4 is 15.4 Å². The van der Waals surface area contributed by atoms with E-state index in [1.807, 2.05) is 45.3 Å². The van der Waals surface area contributed by atoms with Gasteiger partial charge in [-0.3, -0.25) is 5.32 Å². The van der Waals surface area contributed by atoms with Crippen molar-refractivity contribution in [2.45, 2.75) is 19.8 Å². The molecule has 2 N–H and O–H groups in total. The van der Waals surface area contributed by atoms with Gasteiger partial charge < -0.3 is 15.0 Å². The Morgan fingerprint density at radius 2 is 1.76 bits per heavy atom. The Hall–Kier alpha value is -3.42. The van der Waals surface area contributed by atoms with Gasteiger partial charge in [-0.15, -0.1) is 0 Å². The van der Waals surface area contributed by atoms with Crippen molar-refractivity contribution in [2.75, 3.05) is 24.2 Å². The highest BCUT2D eigenvalue weighted by Gasteiger charge is 2.15. The highest BCUT2D eigenvalue weighted by molar-refractivity contribution is 6.34. The van der Waals surface area contributed by atoms with Crippen LogP contribution in [0.1, 0.15) is 25.5 Å². The molecule has 0 aliphatic carbocycles. The molecule has 0 fully saturated rings. The van der Waals surface area contributed by atoms with Crippen LogP contribution in [0.4, 0.5) is 16.3 Å². The molecule has 34 heavy (non-hydrogen) atoms. The van der Waals surface area contributed by atoms with Crippen molar-refractivity contribution in [1.82, 2.24) is 14.7 Å². The maximum atomic E-state index is 12.7. The molecule has 2 aromatic carbocycles. The van der Waals surface area contributed by atoms with Crippen molar-refractivity contribution < 1.29 is 9.53 Å². The number of anilines is 2. The first kappa shape index (κ1) is 23.7. The summed E-state index contributed by atoms with van der Waals surface area (Å²) < 4.78 is 7.47. The minimum atomic E-state index is -0.404. The number of rotatable bonds is 6. The lowest BCUT2D eigenvalue weighted by Gasteiger charge is -2.17. The average Bonchev–Trinajstić information content (AvgIpc) is 3.20. The largest absolute Gasteiger partial charge is 0.458 e. The van der Waals surface area contributed by atoms with Gasteiger partial charge in [0.25, 0.3) is 0 Å². The topological polar surface area (TPSA) is 71.4 Å². The third-order valence-electron chi connectivity index (χ3n) is 5.07. The van der Waals surface area contributed by atoms with Crippen LogP contribution in [0.5, 0.6) is 5.75 Å². The van der Waals surface area contributed by atoms with Gasteiger partial charge in [0, 0.05) is 41.6 Å². The summed E-state index contributed by atoms with van der Waals surface area (Å²) in [5.41, 5.74) is 2.10. The van der Waals surface area contributed by atoms with Gasteiger partial charge in [-0.05, 0) is 60.5 Å². The van der Waals surface area contributed by atoms with E-state index < -0.39 is 6.03 Å². The van der Waals surface area contributed by atoms with E-state index in [1.165, 1.54) is 0 Å². The number of allylic oxidation sites excluding steroid dienone is 1. The fourth-order valence-corrected chi connectivity index (χ4v) is 3.80. The standard InChI is InChI=1S/C25H25Cl2N5O2/c1-16(2)23-15-24(32(30-23)20-13-17(26)12-18(27)14-20)29-25(33)28-19-4-6-21(7-5-19)34-22-8-10-31(3)11-9-22/h4-10,12-16H,11H2,1-3H3,(H2,28,29,33). The lowest BCUT2D eigenvalue weighted by Crippen LogP contribution is -2.21. The van der Waals surface area contributed by atoms with E-state index in [2.05, 4.69) is 20.6 Å². The number of hydrogen-bond acceptors (Lipinski definition) is 4. The summed E-state index contributed by atoms with van der Waals surface area (Å²) in [5, 5.41) is 11.3. The van der Waals surface area contributed by atoms with Crippen molar-refractivity contribution in [3.63, 3.8) is 0 Å². The Morgan fingerprint density at radius 1 is 1.06 bits per heavy atom. The molecule has 0 saturated heterocycles. The third kappa shape index (κ3) is 5.92. The van der Waals surface area contributed by atoms with Crippen molar-refractivity contribution in [3.8, 4) is 11.4 Å². The molecule has 3 aromatic rings. The Labute approximate surface area is 208 Å². The fraction of sp³-hybridized carbons (Fsp3) is 0.200. The number of aromatic nitrogens is 2. The zero-order valence-corrected chi connectivity index (χ0v) is 20.6. The van der Waals surface area contributed by atoms with Crippen LogP contribution in [-0.4, -0.2) is 34.3 Å². The van der Waals surface area contributed by atoms with Gasteiger partial charge in [0.05, 0.1) is 11.4 Å². The van der Waals surface area contributed by atoms with Crippen LogP contribution in [0, 0.1) is 0 Å². The maximum absolute atomic E-state index is 12.7. The summed E-state index contributed by atoms with van der Waals surface area (Å²) >= 11 is 12.3. The van der Waals surface area contributed by atoms with E-state index in [-0.39, 0.29) is 5.92 Å². The lowest BCUT2D eigenvalue weighted by molar-refractivity contribution is 0.262. The van der Waals surface area contributed by atoms with Crippen molar-refractivity contribution in [1.29, 1.82) is 0 Å². The Kier molecular flexibility index (Phi) is 7.14. The zero-order valence-electron chi connectivity index (χ0n) is 19.0. The first-order chi connectivity index (χ1) is 16.3. The van der Waals surface area contributed by atoms with Crippen molar-refractivity contribution in [3.05, 3.63) is 88.4 Å². The third-order valence-corrected chi connectivity index (χ3v) is 5.51. The molecule has 2 amide bonds. The van der Waals surface area contributed by atoms with Gasteiger partial charge in [-0.2, -0.15) is 5.10 Å². The molecular formula is C25H25Cl2N5O2. The first-order valence-corrected chi connectivity index (χ1v) is 11.5. The van der Waals surface area contributed by atoms with Crippen LogP contribution in [0.3, 0.4) is 0 Å². The molecular weight excluding hydrogens is 473 g/mol. The van der Waals surface area contributed by atoms with E-state index in [0.717, 1.165) is 18.0 Å². The molecule has 1 aromatic heterocycles. The average molecular weight is 498 g/mol. The monoisotopic (exact) mass is 497 g/mol. The van der Waals surface area contributed by atoms with Gasteiger partial charge in [-0.1, -0.05) is 37.0 Å². The summed E-state index contributed by atoms with van der Waals surface area (Å²) in [6.07, 6.45) is 5.87. The summed E-state index contributed by atoms with van der Waals surface area (Å²) in [4.78, 5) is 14.8. The highest BCUT2D eigenvalue weighted by Crippen LogP contribution is 2.27. The number of nitrogens with zero attached hydrogens (tertiary/aromatic N) is 3. The van der Waals surface area contributed by atoms with Crippen LogP contribution in [0.25, 0.3) is 5.69 Å². The minimum Gasteiger partial charge on any atom is -0.458 e. The van der Waals surface area contributed by atoms with Crippen LogP contribution in [0.2, 0.25) is 10.0 Å². The fourth-order valence-electron chi connectivity index (χ4n) is 3.29. The zero-order chi connectivity index (χ0) is 24.2. The Morgan fingerprint density at radius 3 is 2.38 bits per heavy atom. The van der Waals surface area contributed by atoms with Crippen LogP contribution in [0.15, 0.2) is 72.6 Å². The molecule has 2 heterocycles. The quantitative estimate of drug-likeness (QED) is 0.398. The summed E-state index contributed by atoms with van der Waals surface area (Å²) in [7, 11) is 2.00. The number of carbonyl (C=O) groups excluding carboxylic acids is 1. The Bertz CT molecular complexity index is 1230. The predicted molar refractivity (Wildman–Crippen MR) is 137 cm³/mol. The number of ether oxygens (including phenoxy) is 1. The normalized spacial score (nSPS) is 13.1. The van der Waals surface area contributed by atoms with E-state index in [0.29, 0.717) is 33.0 Å². The number of nitrogens with one attached hydrogen (secondary N) is 2. The highest BCUT2D eigenvalue weighted by atomic mass is 35.5. The second-order valence-corrected chi connectivity index (χ2v) is 9.09. The summed E-state index contributed by atoms with van der Waals surface area (Å²) in [6.45, 7) is 4.85. The molecule has 4 rings (SSSR count). The molecule has 0 atom stereocenters. The molecule has 176 valence electrons. The van der Waals surface area contributed by atoms with E-state index >= 15 is 0 Å². The number of urea groups is 1. The van der Waals surface area contributed by atoms with Gasteiger partial charge in [-0.25, -0.2) is 9.48 Å². The van der Waals surface area contributed by atoms with E-state index in [9.17, 15) is 4.79 Å². The smallest absolute Gasteiger partial charge is 0.324 e. The molecule has 0 saturated carbocycles.